The van der Waals surface area contributed by atoms with Crippen LogP contribution in [-0.4, -0.2) is 85.5 Å². The molecule has 2 aromatic rings. The fourth-order valence-electron chi connectivity index (χ4n) is 4.82. The molecule has 13 heteroatoms. The van der Waals surface area contributed by atoms with Crippen molar-refractivity contribution in [2.24, 2.45) is 0 Å². The number of hydrogen-bond donors (Lipinski definition) is 4. The van der Waals surface area contributed by atoms with Crippen LogP contribution in [0.25, 0.3) is 11.2 Å². The minimum absolute atomic E-state index is 0.00248. The van der Waals surface area contributed by atoms with Crippen LogP contribution in [0.4, 0.5) is 10.6 Å². The van der Waals surface area contributed by atoms with Crippen LogP contribution in [0.2, 0.25) is 5.28 Å². The van der Waals surface area contributed by atoms with E-state index in [4.69, 9.17) is 25.8 Å². The Morgan fingerprint density at radius 1 is 1.32 bits per heavy atom. The second-order valence-corrected chi connectivity index (χ2v) is 9.63. The fourth-order valence-corrected chi connectivity index (χ4v) is 4.98. The van der Waals surface area contributed by atoms with E-state index in [0.29, 0.717) is 30.2 Å². The summed E-state index contributed by atoms with van der Waals surface area (Å²) in [5.41, 5.74) is -0.936. The summed E-state index contributed by atoms with van der Waals surface area (Å²) in [4.78, 5) is 25.1. The maximum atomic E-state index is 12.1. The third kappa shape index (κ3) is 4.52. The van der Waals surface area contributed by atoms with Gasteiger partial charge in [-0.05, 0) is 37.8 Å². The molecular formula is C21H29ClN6O6. The average molecular weight is 497 g/mol. The number of amides is 1. The molecule has 5 atom stereocenters. The maximum absolute atomic E-state index is 12.1. The third-order valence-electron chi connectivity index (χ3n) is 6.73. The van der Waals surface area contributed by atoms with E-state index in [9.17, 15) is 15.0 Å². The molecule has 186 valence electrons. The predicted molar refractivity (Wildman–Crippen MR) is 120 cm³/mol. The van der Waals surface area contributed by atoms with Crippen LogP contribution in [0.3, 0.4) is 0 Å². The lowest BCUT2D eigenvalue weighted by molar-refractivity contribution is -0.0951. The Balaban J connectivity index is 1.32. The molecule has 4 N–H and O–H groups in total. The van der Waals surface area contributed by atoms with Gasteiger partial charge in [0.25, 0.3) is 0 Å². The first kappa shape index (κ1) is 23.5. The molecule has 5 rings (SSSR count). The highest BCUT2D eigenvalue weighted by atomic mass is 35.5. The number of nitrogens with zero attached hydrogens (tertiary/aromatic N) is 4. The lowest BCUT2D eigenvalue weighted by atomic mass is 9.96. The molecule has 1 saturated carbocycles. The number of imidazole rings is 1. The SMILES string of the molecule is C[C@@]1(O)[C@H](O)[C@@H](COC(=O)NC2CCCC2)O[C@H]1n1cnc2c(N[C@@H]3CCOC3)nc(Cl)nc21. The van der Waals surface area contributed by atoms with E-state index < -0.39 is 30.1 Å². The van der Waals surface area contributed by atoms with Crippen molar-refractivity contribution in [1.82, 2.24) is 24.8 Å². The molecular weight excluding hydrogens is 468 g/mol. The number of aliphatic hydroxyl groups excluding tert-OH is 1. The van der Waals surface area contributed by atoms with E-state index in [-0.39, 0.29) is 24.0 Å². The van der Waals surface area contributed by atoms with Crippen molar-refractivity contribution >= 4 is 34.7 Å². The van der Waals surface area contributed by atoms with Gasteiger partial charge in [-0.3, -0.25) is 4.57 Å². The fraction of sp³-hybridized carbons (Fsp3) is 0.714. The zero-order valence-electron chi connectivity index (χ0n) is 18.8. The normalized spacial score (nSPS) is 31.9. The number of ether oxygens (including phenoxy) is 3. The Labute approximate surface area is 201 Å². The van der Waals surface area contributed by atoms with Crippen molar-refractivity contribution in [3.63, 3.8) is 0 Å². The summed E-state index contributed by atoms with van der Waals surface area (Å²) < 4.78 is 18.1. The number of alkyl carbamates (subject to hydrolysis) is 1. The number of fused-ring (bicyclic) bond motifs is 1. The van der Waals surface area contributed by atoms with Crippen molar-refractivity contribution in [2.45, 2.75) is 75.1 Å². The highest BCUT2D eigenvalue weighted by molar-refractivity contribution is 6.28. The van der Waals surface area contributed by atoms with Crippen molar-refractivity contribution < 1.29 is 29.2 Å². The van der Waals surface area contributed by atoms with Crippen molar-refractivity contribution in [3.8, 4) is 0 Å². The molecule has 12 nitrogen and oxygen atoms in total. The number of anilines is 1. The molecule has 0 bridgehead atoms. The van der Waals surface area contributed by atoms with Gasteiger partial charge < -0.3 is 35.1 Å². The lowest BCUT2D eigenvalue weighted by Gasteiger charge is -2.27. The summed E-state index contributed by atoms with van der Waals surface area (Å²) in [6.07, 6.45) is 2.42. The van der Waals surface area contributed by atoms with Crippen LogP contribution < -0.4 is 10.6 Å². The molecule has 34 heavy (non-hydrogen) atoms. The molecule has 0 radical (unpaired) electrons. The van der Waals surface area contributed by atoms with Crippen molar-refractivity contribution in [2.75, 3.05) is 25.1 Å². The van der Waals surface area contributed by atoms with Gasteiger partial charge in [0.05, 0.1) is 19.0 Å². The molecule has 0 aromatic carbocycles. The summed E-state index contributed by atoms with van der Waals surface area (Å²) in [7, 11) is 0. The number of rotatable bonds is 6. The smallest absolute Gasteiger partial charge is 0.407 e. The van der Waals surface area contributed by atoms with Gasteiger partial charge in [-0.1, -0.05) is 12.8 Å². The highest BCUT2D eigenvalue weighted by Gasteiger charge is 2.54. The number of halogens is 1. The highest BCUT2D eigenvalue weighted by Crippen LogP contribution is 2.40. The second kappa shape index (κ2) is 9.42. The van der Waals surface area contributed by atoms with E-state index in [1.807, 2.05) is 0 Å². The van der Waals surface area contributed by atoms with Gasteiger partial charge >= 0.3 is 6.09 Å². The summed E-state index contributed by atoms with van der Waals surface area (Å²) in [5.74, 6) is 0.450. The number of carbonyl (C=O) groups is 1. The summed E-state index contributed by atoms with van der Waals surface area (Å²) in [5, 5.41) is 27.9. The van der Waals surface area contributed by atoms with E-state index >= 15 is 0 Å². The van der Waals surface area contributed by atoms with Gasteiger partial charge in [-0.25, -0.2) is 9.78 Å². The summed E-state index contributed by atoms with van der Waals surface area (Å²) >= 11 is 6.18. The second-order valence-electron chi connectivity index (χ2n) is 9.29. The number of nitrogens with one attached hydrogen (secondary N) is 2. The first-order valence-corrected chi connectivity index (χ1v) is 11.9. The van der Waals surface area contributed by atoms with Crippen molar-refractivity contribution in [1.29, 1.82) is 0 Å². The zero-order valence-corrected chi connectivity index (χ0v) is 19.6. The van der Waals surface area contributed by atoms with E-state index in [2.05, 4.69) is 25.6 Å². The van der Waals surface area contributed by atoms with E-state index in [1.165, 1.54) is 17.8 Å². The molecule has 1 amide bonds. The Morgan fingerprint density at radius 2 is 2.12 bits per heavy atom. The van der Waals surface area contributed by atoms with E-state index in [1.54, 1.807) is 0 Å². The number of aromatic nitrogens is 4. The molecule has 1 aliphatic carbocycles. The van der Waals surface area contributed by atoms with Crippen LogP contribution in [0.15, 0.2) is 6.33 Å². The van der Waals surface area contributed by atoms with Gasteiger partial charge in [0.1, 0.15) is 24.4 Å². The van der Waals surface area contributed by atoms with Gasteiger partial charge in [0.15, 0.2) is 23.2 Å². The van der Waals surface area contributed by atoms with Crippen LogP contribution in [0.5, 0.6) is 0 Å². The number of carbonyl (C=O) groups excluding carboxylic acids is 1. The Hall–Kier alpha value is -2.25. The molecule has 2 aliphatic heterocycles. The first-order chi connectivity index (χ1) is 16.3. The minimum Gasteiger partial charge on any atom is -0.447 e. The Kier molecular flexibility index (Phi) is 6.51. The molecule has 0 spiro atoms. The Bertz CT molecular complexity index is 1040. The van der Waals surface area contributed by atoms with Crippen LogP contribution >= 0.6 is 11.6 Å². The number of hydrogen-bond acceptors (Lipinski definition) is 10. The zero-order chi connectivity index (χ0) is 23.9. The van der Waals surface area contributed by atoms with Crippen LogP contribution in [0, 0.1) is 0 Å². The summed E-state index contributed by atoms with van der Waals surface area (Å²) in [6.45, 7) is 2.44. The minimum atomic E-state index is -1.71. The van der Waals surface area contributed by atoms with Gasteiger partial charge in [0, 0.05) is 12.6 Å². The first-order valence-electron chi connectivity index (χ1n) is 11.6. The van der Waals surface area contributed by atoms with Gasteiger partial charge in [0.2, 0.25) is 5.28 Å². The molecule has 0 unspecified atom stereocenters. The molecule has 2 aromatic heterocycles. The van der Waals surface area contributed by atoms with Crippen LogP contribution in [0.1, 0.15) is 45.3 Å². The van der Waals surface area contributed by atoms with Gasteiger partial charge in [-0.2, -0.15) is 9.97 Å². The molecule has 4 heterocycles. The van der Waals surface area contributed by atoms with Crippen molar-refractivity contribution in [3.05, 3.63) is 11.6 Å². The van der Waals surface area contributed by atoms with E-state index in [0.717, 1.165) is 32.1 Å². The predicted octanol–water partition coefficient (Wildman–Crippen LogP) is 1.36. The molecule has 3 aliphatic rings. The monoisotopic (exact) mass is 496 g/mol. The molecule has 2 saturated heterocycles. The standard InChI is InChI=1S/C21H29ClN6O6/c1-21(31)15(29)13(9-33-20(30)25-11-4-2-3-5-11)34-18(21)28-10-23-14-16(24-12-6-7-32-8-12)26-19(22)27-17(14)28/h10-13,15,18,29,31H,2-9H2,1H3,(H,25,30)(H,24,26,27)/t12-,13-,15-,18-,21-/m1/s1. The third-order valence-corrected chi connectivity index (χ3v) is 6.90. The molecule has 3 fully saturated rings. The Morgan fingerprint density at radius 3 is 2.85 bits per heavy atom. The quantitative estimate of drug-likeness (QED) is 0.431. The topological polar surface area (TPSA) is 153 Å². The number of aliphatic hydroxyl groups is 2. The largest absolute Gasteiger partial charge is 0.447 e. The van der Waals surface area contributed by atoms with Gasteiger partial charge in [-0.15, -0.1) is 0 Å². The average Bonchev–Trinajstić information content (AvgIpc) is 3.58. The summed E-state index contributed by atoms with van der Waals surface area (Å²) in [6, 6.07) is 0.182. The van der Waals surface area contributed by atoms with Crippen LogP contribution in [-0.2, 0) is 14.2 Å². The maximum Gasteiger partial charge on any atom is 0.407 e. The lowest BCUT2D eigenvalue weighted by Crippen LogP contribution is -2.45.